The molecular weight excluding hydrogens is 480 g/mol. The van der Waals surface area contributed by atoms with Crippen molar-refractivity contribution in [3.8, 4) is 0 Å². The fourth-order valence-corrected chi connectivity index (χ4v) is 3.96. The van der Waals surface area contributed by atoms with E-state index in [-0.39, 0.29) is 25.0 Å². The normalized spacial score (nSPS) is 16.6. The number of amides is 4. The molecule has 0 aromatic heterocycles. The summed E-state index contributed by atoms with van der Waals surface area (Å²) in [5.74, 6) is -2.72. The maximum atomic E-state index is 13.1. The van der Waals surface area contributed by atoms with Crippen molar-refractivity contribution in [3.05, 3.63) is 35.9 Å². The summed E-state index contributed by atoms with van der Waals surface area (Å²) in [5, 5.41) is 7.88. The van der Waals surface area contributed by atoms with E-state index >= 15 is 0 Å². The highest BCUT2D eigenvalue weighted by molar-refractivity contribution is 5.94. The lowest BCUT2D eigenvalue weighted by Crippen LogP contribution is -2.59. The molecule has 204 valence electrons. The first kappa shape index (κ1) is 29.6. The minimum atomic E-state index is -0.940. The van der Waals surface area contributed by atoms with Gasteiger partial charge >= 0.3 is 12.1 Å². The van der Waals surface area contributed by atoms with E-state index in [1.54, 1.807) is 27.7 Å². The Labute approximate surface area is 217 Å². The van der Waals surface area contributed by atoms with Gasteiger partial charge in [0.1, 0.15) is 31.3 Å². The summed E-state index contributed by atoms with van der Waals surface area (Å²) >= 11 is 0. The van der Waals surface area contributed by atoms with Crippen LogP contribution in [0.15, 0.2) is 30.3 Å². The largest absolute Gasteiger partial charge is 0.468 e. The third-order valence-electron chi connectivity index (χ3n) is 6.12. The molecule has 37 heavy (non-hydrogen) atoms. The van der Waals surface area contributed by atoms with E-state index in [1.165, 1.54) is 12.0 Å². The molecule has 11 nitrogen and oxygen atoms in total. The van der Waals surface area contributed by atoms with Gasteiger partial charge in [0.25, 0.3) is 0 Å². The van der Waals surface area contributed by atoms with Gasteiger partial charge < -0.3 is 25.4 Å². The van der Waals surface area contributed by atoms with E-state index in [0.717, 1.165) is 5.56 Å². The summed E-state index contributed by atoms with van der Waals surface area (Å²) in [6, 6.07) is 6.61. The second-order valence-electron chi connectivity index (χ2n) is 9.65. The molecule has 0 bridgehead atoms. The summed E-state index contributed by atoms with van der Waals surface area (Å²) in [6.45, 7) is 7.19. The fraction of sp³-hybridized carbons (Fsp3) is 0.577. The molecule has 1 aliphatic rings. The Balaban J connectivity index is 2.01. The number of carbonyl (C=O) groups is 5. The van der Waals surface area contributed by atoms with Crippen molar-refractivity contribution in [1.82, 2.24) is 20.9 Å². The van der Waals surface area contributed by atoms with Crippen LogP contribution in [-0.4, -0.2) is 73.0 Å². The molecule has 3 N–H and O–H groups in total. The van der Waals surface area contributed by atoms with Crippen LogP contribution in [-0.2, 0) is 35.3 Å². The van der Waals surface area contributed by atoms with E-state index in [1.807, 2.05) is 30.3 Å². The molecule has 1 aromatic rings. The molecular formula is C26H38N4O7. The van der Waals surface area contributed by atoms with Gasteiger partial charge in [0.05, 0.1) is 7.11 Å². The number of rotatable bonds is 11. The van der Waals surface area contributed by atoms with Gasteiger partial charge in [-0.15, -0.1) is 0 Å². The van der Waals surface area contributed by atoms with Gasteiger partial charge in [-0.05, 0) is 30.2 Å². The van der Waals surface area contributed by atoms with Crippen LogP contribution in [0.3, 0.4) is 0 Å². The molecule has 0 radical (unpaired) electrons. The molecule has 3 atom stereocenters. The van der Waals surface area contributed by atoms with E-state index in [4.69, 9.17) is 4.74 Å². The topological polar surface area (TPSA) is 143 Å². The average molecular weight is 519 g/mol. The SMILES string of the molecule is COC(=O)CNC(=O)C(NC(=O)[C@@H](NC(=O)C1CCCN1C(=O)OCc1ccccc1)C(C)C)C(C)C. The van der Waals surface area contributed by atoms with Crippen molar-refractivity contribution in [2.75, 3.05) is 20.2 Å². The van der Waals surface area contributed by atoms with Gasteiger partial charge in [-0.2, -0.15) is 0 Å². The number of nitrogens with zero attached hydrogens (tertiary/aromatic N) is 1. The monoisotopic (exact) mass is 518 g/mol. The maximum absolute atomic E-state index is 13.1. The van der Waals surface area contributed by atoms with Crippen molar-refractivity contribution in [3.63, 3.8) is 0 Å². The van der Waals surface area contributed by atoms with Crippen molar-refractivity contribution >= 4 is 29.8 Å². The fourth-order valence-electron chi connectivity index (χ4n) is 3.96. The molecule has 1 aliphatic heterocycles. The molecule has 4 amide bonds. The Bertz CT molecular complexity index is 952. The third kappa shape index (κ3) is 8.76. The van der Waals surface area contributed by atoms with Crippen molar-refractivity contribution in [1.29, 1.82) is 0 Å². The second kappa shape index (κ2) is 14.2. The number of methoxy groups -OCH3 is 1. The zero-order valence-electron chi connectivity index (χ0n) is 22.1. The molecule has 2 rings (SSSR count). The number of likely N-dealkylation sites (tertiary alicyclic amines) is 1. The first-order chi connectivity index (χ1) is 17.5. The summed E-state index contributed by atoms with van der Waals surface area (Å²) in [5.41, 5.74) is 0.836. The summed E-state index contributed by atoms with van der Waals surface area (Å²) < 4.78 is 9.92. The van der Waals surface area contributed by atoms with Crippen LogP contribution in [0.5, 0.6) is 0 Å². The van der Waals surface area contributed by atoms with Crippen LogP contribution in [0.4, 0.5) is 4.79 Å². The quantitative estimate of drug-likeness (QED) is 0.375. The number of hydrogen-bond donors (Lipinski definition) is 3. The van der Waals surface area contributed by atoms with Crippen molar-refractivity contribution < 1.29 is 33.4 Å². The predicted octanol–water partition coefficient (Wildman–Crippen LogP) is 1.36. The Hall–Kier alpha value is -3.63. The molecule has 1 heterocycles. The molecule has 11 heteroatoms. The van der Waals surface area contributed by atoms with Gasteiger partial charge in [0.15, 0.2) is 0 Å². The number of carbonyl (C=O) groups excluding carboxylic acids is 5. The lowest BCUT2D eigenvalue weighted by molar-refractivity contribution is -0.141. The molecule has 1 fully saturated rings. The van der Waals surface area contributed by atoms with E-state index in [2.05, 4.69) is 20.7 Å². The number of hydrogen-bond acceptors (Lipinski definition) is 7. The zero-order valence-corrected chi connectivity index (χ0v) is 22.1. The molecule has 2 unspecified atom stereocenters. The Kier molecular flexibility index (Phi) is 11.4. The van der Waals surface area contributed by atoms with Crippen molar-refractivity contribution in [2.45, 2.75) is 65.3 Å². The average Bonchev–Trinajstić information content (AvgIpc) is 3.37. The minimum absolute atomic E-state index is 0.0934. The molecule has 0 saturated carbocycles. The van der Waals surface area contributed by atoms with E-state index in [9.17, 15) is 24.0 Å². The van der Waals surface area contributed by atoms with Gasteiger partial charge in [0, 0.05) is 6.54 Å². The van der Waals surface area contributed by atoms with Gasteiger partial charge in [-0.3, -0.25) is 24.1 Å². The highest BCUT2D eigenvalue weighted by Crippen LogP contribution is 2.20. The standard InChI is InChI=1S/C26H38N4O7/c1-16(2)21(24(33)27-14-20(31)36-5)29-25(34)22(17(3)4)28-23(32)19-12-9-13-30(19)26(35)37-15-18-10-7-6-8-11-18/h6-8,10-11,16-17,19,21-22H,9,12-15H2,1-5H3,(H,27,33)(H,28,32)(H,29,34)/t19?,21?,22-/m0/s1. The van der Waals surface area contributed by atoms with Crippen LogP contribution < -0.4 is 16.0 Å². The second-order valence-corrected chi connectivity index (χ2v) is 9.65. The summed E-state index contributed by atoms with van der Waals surface area (Å²) in [6.07, 6.45) is 0.491. The van der Waals surface area contributed by atoms with E-state index < -0.39 is 47.9 Å². The minimum Gasteiger partial charge on any atom is -0.468 e. The number of benzene rings is 1. The lowest BCUT2D eigenvalue weighted by Gasteiger charge is -2.29. The first-order valence-corrected chi connectivity index (χ1v) is 12.5. The molecule has 1 saturated heterocycles. The van der Waals surface area contributed by atoms with E-state index in [0.29, 0.717) is 19.4 Å². The summed E-state index contributed by atoms with van der Waals surface area (Å²) in [4.78, 5) is 64.2. The highest BCUT2D eigenvalue weighted by atomic mass is 16.6. The third-order valence-corrected chi connectivity index (χ3v) is 6.12. The Morgan fingerprint density at radius 3 is 2.16 bits per heavy atom. The number of ether oxygens (including phenoxy) is 2. The highest BCUT2D eigenvalue weighted by Gasteiger charge is 2.38. The van der Waals surface area contributed by atoms with Crippen LogP contribution in [0, 0.1) is 11.8 Å². The smallest absolute Gasteiger partial charge is 0.410 e. The van der Waals surface area contributed by atoms with Crippen LogP contribution in [0.1, 0.15) is 46.1 Å². The first-order valence-electron chi connectivity index (χ1n) is 12.5. The van der Waals surface area contributed by atoms with Gasteiger partial charge in [0.2, 0.25) is 17.7 Å². The Morgan fingerprint density at radius 2 is 1.57 bits per heavy atom. The van der Waals surface area contributed by atoms with Crippen LogP contribution in [0.2, 0.25) is 0 Å². The Morgan fingerprint density at radius 1 is 0.946 bits per heavy atom. The summed E-state index contributed by atoms with van der Waals surface area (Å²) in [7, 11) is 1.21. The van der Waals surface area contributed by atoms with Crippen LogP contribution in [0.25, 0.3) is 0 Å². The lowest BCUT2D eigenvalue weighted by atomic mass is 9.99. The van der Waals surface area contributed by atoms with Crippen LogP contribution >= 0.6 is 0 Å². The predicted molar refractivity (Wildman–Crippen MR) is 135 cm³/mol. The number of esters is 1. The zero-order chi connectivity index (χ0) is 27.5. The molecule has 0 aliphatic carbocycles. The number of nitrogens with one attached hydrogen (secondary N) is 3. The van der Waals surface area contributed by atoms with Gasteiger partial charge in [-0.1, -0.05) is 58.0 Å². The van der Waals surface area contributed by atoms with Gasteiger partial charge in [-0.25, -0.2) is 4.79 Å². The molecule has 1 aromatic carbocycles. The molecule has 0 spiro atoms. The van der Waals surface area contributed by atoms with Crippen molar-refractivity contribution in [2.24, 2.45) is 11.8 Å². The maximum Gasteiger partial charge on any atom is 0.410 e.